The van der Waals surface area contributed by atoms with E-state index in [-0.39, 0.29) is 20.7 Å². The molecule has 2 heteroatoms. The Morgan fingerprint density at radius 3 is 2.88 bits per heavy atom. The van der Waals surface area contributed by atoms with Crippen LogP contribution >= 0.6 is 20.7 Å². The molecule has 1 nitrogen and oxygen atoms in total. The van der Waals surface area contributed by atoms with Crippen LogP contribution in [0.25, 0.3) is 0 Å². The summed E-state index contributed by atoms with van der Waals surface area (Å²) in [6, 6.07) is 0. The molecule has 0 aromatic heterocycles. The molecule has 1 atom stereocenters. The monoisotopic (exact) mass is 324 g/mol. The van der Waals surface area contributed by atoms with Gasteiger partial charge in [-0.25, -0.2) is 0 Å². The highest BCUT2D eigenvalue weighted by atomic mass is 127. The predicted octanol–water partition coefficient (Wildman–Crippen LogP) is 2.85. The molecule has 0 amide bonds. The average Bonchev–Trinajstić information content (AvgIpc) is 2.40. The van der Waals surface area contributed by atoms with Crippen molar-refractivity contribution in [2.24, 2.45) is 0 Å². The summed E-state index contributed by atoms with van der Waals surface area (Å²) in [4.78, 5) is 0. The minimum Gasteiger partial charge on any atom is -0.370 e. The summed E-state index contributed by atoms with van der Waals surface area (Å²) in [7, 11) is 0. The lowest BCUT2D eigenvalue weighted by Crippen LogP contribution is -2.32. The summed E-state index contributed by atoms with van der Waals surface area (Å²) in [5.41, 5.74) is 0.520. The molecule has 0 bridgehead atoms. The largest absolute Gasteiger partial charge is 0.370 e. The van der Waals surface area contributed by atoms with Crippen molar-refractivity contribution in [2.75, 3.05) is 0 Å². The Balaban J connectivity index is 2.40. The van der Waals surface area contributed by atoms with Crippen molar-refractivity contribution >= 4 is 24.7 Å². The molecule has 1 unspecified atom stereocenters. The molecule has 0 radical (unpaired) electrons. The maximum atomic E-state index is 10.6. The average molecular weight is 324 g/mol. The molecule has 1 N–H and O–H groups in total. The quantitative estimate of drug-likeness (QED) is 0.612. The number of aliphatic hydroxyl groups is 1. The van der Waals surface area contributed by atoms with Gasteiger partial charge in [-0.05, 0) is 38.7 Å². The van der Waals surface area contributed by atoms with Gasteiger partial charge in [0.2, 0.25) is 0 Å². The molecule has 0 fully saturated rings. The first-order valence-corrected chi connectivity index (χ1v) is 7.65. The minimum atomic E-state index is -1.22. The van der Waals surface area contributed by atoms with Gasteiger partial charge in [-0.3, -0.25) is 0 Å². The number of hydrogen-bond donors (Lipinski definition) is 1. The van der Waals surface area contributed by atoms with Gasteiger partial charge < -0.3 is 5.11 Å². The van der Waals surface area contributed by atoms with Crippen molar-refractivity contribution in [3.8, 4) is 12.3 Å². The Morgan fingerprint density at radius 2 is 2.31 bits per heavy atom. The predicted molar refractivity (Wildman–Crippen MR) is 77.5 cm³/mol. The highest BCUT2D eigenvalue weighted by Crippen LogP contribution is 2.32. The third-order valence-corrected chi connectivity index (χ3v) is 4.29. The summed E-state index contributed by atoms with van der Waals surface area (Å²) in [6.45, 7) is 0. The van der Waals surface area contributed by atoms with Crippen molar-refractivity contribution in [1.82, 2.24) is 0 Å². The second-order valence-corrected chi connectivity index (χ2v) is 5.84. The first-order valence-electron chi connectivity index (χ1n) is 5.16. The SMILES string of the molecule is C#CC(O)(C1=CC=IC=C1)C1=CC=CCC1. The lowest BCUT2D eigenvalue weighted by atomic mass is 9.82. The third-order valence-electron chi connectivity index (χ3n) is 2.74. The van der Waals surface area contributed by atoms with Gasteiger partial charge in [-0.15, -0.1) is 6.42 Å². The molecule has 0 aromatic rings. The van der Waals surface area contributed by atoms with E-state index in [0.29, 0.717) is 0 Å². The highest BCUT2D eigenvalue weighted by Gasteiger charge is 2.32. The Labute approximate surface area is 106 Å². The zero-order valence-corrected chi connectivity index (χ0v) is 11.0. The lowest BCUT2D eigenvalue weighted by Gasteiger charge is -2.28. The molecule has 2 aliphatic rings. The molecule has 16 heavy (non-hydrogen) atoms. The summed E-state index contributed by atoms with van der Waals surface area (Å²) in [5.74, 6) is 2.54. The first-order chi connectivity index (χ1) is 7.77. The molecular weight excluding hydrogens is 311 g/mol. The second kappa shape index (κ2) is 4.94. The fourth-order valence-corrected chi connectivity index (χ4v) is 3.24. The van der Waals surface area contributed by atoms with Crippen LogP contribution < -0.4 is 0 Å². The normalized spacial score (nSPS) is 22.5. The van der Waals surface area contributed by atoms with Gasteiger partial charge in [0.1, 0.15) is 0 Å². The van der Waals surface area contributed by atoms with Crippen molar-refractivity contribution < 1.29 is 5.11 Å². The van der Waals surface area contributed by atoms with E-state index in [2.05, 4.69) is 20.1 Å². The number of rotatable bonds is 2. The van der Waals surface area contributed by atoms with Gasteiger partial charge in [0.15, 0.2) is 5.60 Å². The van der Waals surface area contributed by atoms with Gasteiger partial charge in [-0.1, -0.05) is 44.9 Å². The van der Waals surface area contributed by atoms with E-state index in [4.69, 9.17) is 6.42 Å². The van der Waals surface area contributed by atoms with Gasteiger partial charge >= 0.3 is 0 Å². The van der Waals surface area contributed by atoms with Crippen molar-refractivity contribution in [1.29, 1.82) is 0 Å². The van der Waals surface area contributed by atoms with Crippen LogP contribution in [-0.2, 0) is 0 Å². The zero-order chi connectivity index (χ0) is 11.4. The zero-order valence-electron chi connectivity index (χ0n) is 8.86. The fraction of sp³-hybridized carbons (Fsp3) is 0.214. The van der Waals surface area contributed by atoms with E-state index < -0.39 is 5.60 Å². The Bertz CT molecular complexity index is 471. The van der Waals surface area contributed by atoms with Crippen LogP contribution in [0.15, 0.2) is 45.6 Å². The molecule has 0 spiro atoms. The fourth-order valence-electron chi connectivity index (χ4n) is 1.81. The first kappa shape index (κ1) is 11.6. The standard InChI is InChI=1S/C14H13IO/c1-2-14(16,12-6-4-3-5-7-12)13-8-10-15-11-9-13/h1,3-4,6,8-11,16H,5,7H2. The Kier molecular flexibility index (Phi) is 3.57. The van der Waals surface area contributed by atoms with Crippen molar-refractivity contribution in [2.45, 2.75) is 18.4 Å². The van der Waals surface area contributed by atoms with E-state index in [9.17, 15) is 5.11 Å². The molecular formula is C14H13IO. The second-order valence-electron chi connectivity index (χ2n) is 3.68. The van der Waals surface area contributed by atoms with Gasteiger partial charge in [-0.2, -0.15) is 0 Å². The van der Waals surface area contributed by atoms with Gasteiger partial charge in [0.05, 0.1) is 0 Å². The number of halogens is 1. The van der Waals surface area contributed by atoms with Crippen LogP contribution in [0.5, 0.6) is 0 Å². The molecule has 0 saturated carbocycles. The highest BCUT2D eigenvalue weighted by molar-refractivity contribution is 14.2. The van der Waals surface area contributed by atoms with Crippen molar-refractivity contribution in [3.63, 3.8) is 0 Å². The molecule has 1 aliphatic carbocycles. The number of hydrogen-bond acceptors (Lipinski definition) is 1. The summed E-state index contributed by atoms with van der Waals surface area (Å²) < 4.78 is 4.24. The smallest absolute Gasteiger partial charge is 0.172 e. The summed E-state index contributed by atoms with van der Waals surface area (Å²) >= 11 is 0.0202. The van der Waals surface area contributed by atoms with Crippen LogP contribution in [0.3, 0.4) is 0 Å². The van der Waals surface area contributed by atoms with Gasteiger partial charge in [0.25, 0.3) is 0 Å². The molecule has 0 saturated heterocycles. The molecule has 0 aromatic carbocycles. The number of allylic oxidation sites excluding steroid dienone is 4. The summed E-state index contributed by atoms with van der Waals surface area (Å²) in [6.07, 6.45) is 17.2. The van der Waals surface area contributed by atoms with E-state index >= 15 is 0 Å². The van der Waals surface area contributed by atoms with Gasteiger partial charge in [0, 0.05) is 5.57 Å². The molecule has 1 heterocycles. The van der Waals surface area contributed by atoms with Crippen LogP contribution in [-0.4, -0.2) is 14.7 Å². The molecule has 82 valence electrons. The lowest BCUT2D eigenvalue weighted by molar-refractivity contribution is 0.178. The van der Waals surface area contributed by atoms with E-state index in [1.54, 1.807) is 0 Å². The Morgan fingerprint density at radius 1 is 1.44 bits per heavy atom. The van der Waals surface area contributed by atoms with Crippen LogP contribution in [0, 0.1) is 12.3 Å². The number of terminal acetylenes is 1. The van der Waals surface area contributed by atoms with Crippen LogP contribution in [0.1, 0.15) is 12.8 Å². The van der Waals surface area contributed by atoms with E-state index in [1.807, 2.05) is 24.3 Å². The Hall–Kier alpha value is -0.920. The topological polar surface area (TPSA) is 20.2 Å². The van der Waals surface area contributed by atoms with Crippen LogP contribution in [0.2, 0.25) is 0 Å². The summed E-state index contributed by atoms with van der Waals surface area (Å²) in [5, 5.41) is 10.6. The van der Waals surface area contributed by atoms with E-state index in [0.717, 1.165) is 24.0 Å². The van der Waals surface area contributed by atoms with Crippen LogP contribution in [0.4, 0.5) is 0 Å². The molecule has 1 aliphatic heterocycles. The minimum absolute atomic E-state index is 0.0202. The maximum absolute atomic E-state index is 10.6. The third kappa shape index (κ3) is 2.11. The van der Waals surface area contributed by atoms with E-state index in [1.165, 1.54) is 0 Å². The molecule has 2 rings (SSSR count). The maximum Gasteiger partial charge on any atom is 0.172 e. The van der Waals surface area contributed by atoms with Crippen molar-refractivity contribution in [3.05, 3.63) is 45.6 Å².